The molecule has 1 unspecified atom stereocenters. The van der Waals surface area contributed by atoms with Gasteiger partial charge in [0, 0.05) is 0 Å². The minimum absolute atomic E-state index is 0.0463. The zero-order valence-electron chi connectivity index (χ0n) is 13.1. The fourth-order valence-electron chi connectivity index (χ4n) is 2.47. The van der Waals surface area contributed by atoms with Crippen molar-refractivity contribution in [1.82, 2.24) is 0 Å². The highest BCUT2D eigenvalue weighted by Crippen LogP contribution is 2.36. The molecule has 112 valence electrons. The second kappa shape index (κ2) is 6.40. The lowest BCUT2D eigenvalue weighted by Gasteiger charge is -2.33. The van der Waals surface area contributed by atoms with E-state index in [4.69, 9.17) is 0 Å². The minimum atomic E-state index is -0.0463. The molecule has 2 rings (SSSR count). The Morgan fingerprint density at radius 2 is 1.70 bits per heavy atom. The predicted molar refractivity (Wildman–Crippen MR) is 81.0 cm³/mol. The van der Waals surface area contributed by atoms with Crippen LogP contribution in [0.5, 0.6) is 5.75 Å². The van der Waals surface area contributed by atoms with Crippen molar-refractivity contribution in [2.45, 2.75) is 52.6 Å². The molecule has 1 heterocycles. The Labute approximate surface area is 122 Å². The van der Waals surface area contributed by atoms with Crippen LogP contribution in [0.3, 0.4) is 0 Å². The molecule has 1 N–H and O–H groups in total. The van der Waals surface area contributed by atoms with Crippen LogP contribution < -0.4 is 0 Å². The van der Waals surface area contributed by atoms with Gasteiger partial charge in [0.2, 0.25) is 0 Å². The van der Waals surface area contributed by atoms with E-state index in [9.17, 15) is 9.90 Å². The van der Waals surface area contributed by atoms with Gasteiger partial charge < -0.3 is 14.6 Å². The summed E-state index contributed by atoms with van der Waals surface area (Å²) in [6.45, 7) is 11.9. The minimum Gasteiger partial charge on any atom is -0.508 e. The van der Waals surface area contributed by atoms with Crippen LogP contribution in [0.2, 0.25) is 0 Å². The third-order valence-corrected chi connectivity index (χ3v) is 3.13. The Kier molecular flexibility index (Phi) is 5.35. The molecule has 1 aliphatic rings. The summed E-state index contributed by atoms with van der Waals surface area (Å²) < 4.78 is 4.49. The zero-order valence-corrected chi connectivity index (χ0v) is 13.1. The molecular weight excluding hydrogens is 252 g/mol. The Bertz CT molecular complexity index is 423. The molecule has 1 saturated heterocycles. The number of phenols is 1. The molecule has 0 aliphatic carbocycles. The van der Waals surface area contributed by atoms with Crippen molar-refractivity contribution in [3.63, 3.8) is 0 Å². The molecule has 3 heteroatoms. The monoisotopic (exact) mass is 278 g/mol. The van der Waals surface area contributed by atoms with E-state index in [1.165, 1.54) is 5.56 Å². The Morgan fingerprint density at radius 1 is 1.20 bits per heavy atom. The predicted octanol–water partition coefficient (Wildman–Crippen LogP) is 3.69. The molecule has 1 aromatic carbocycles. The Hall–Kier alpha value is -1.35. The topological polar surface area (TPSA) is 49.8 Å². The third kappa shape index (κ3) is 6.20. The molecule has 1 aromatic rings. The lowest BCUT2D eigenvalue weighted by molar-refractivity contribution is -0.108. The molecule has 0 spiro atoms. The highest BCUT2D eigenvalue weighted by atomic mass is 16.6. The number of carbonyl (C=O) groups is 1. The van der Waals surface area contributed by atoms with Gasteiger partial charge in [-0.3, -0.25) is 0 Å². The van der Waals surface area contributed by atoms with Gasteiger partial charge >= 0.3 is 0 Å². The molecule has 1 fully saturated rings. The van der Waals surface area contributed by atoms with Crippen LogP contribution in [0.15, 0.2) is 24.3 Å². The summed E-state index contributed by atoms with van der Waals surface area (Å²) in [5.74, 6) is 0.338. The van der Waals surface area contributed by atoms with E-state index < -0.39 is 0 Å². The van der Waals surface area contributed by atoms with Crippen molar-refractivity contribution < 1.29 is 14.6 Å². The first-order valence-corrected chi connectivity index (χ1v) is 7.00. The van der Waals surface area contributed by atoms with E-state index >= 15 is 0 Å². The summed E-state index contributed by atoms with van der Waals surface area (Å²) in [6.07, 6.45) is 1.89. The van der Waals surface area contributed by atoms with Crippen LogP contribution in [0.25, 0.3) is 0 Å². The number of benzene rings is 1. The average molecular weight is 278 g/mol. The van der Waals surface area contributed by atoms with Gasteiger partial charge in [-0.1, -0.05) is 46.8 Å². The zero-order chi connectivity index (χ0) is 15.4. The van der Waals surface area contributed by atoms with Gasteiger partial charge in [-0.2, -0.15) is 0 Å². The van der Waals surface area contributed by atoms with Gasteiger partial charge in [-0.05, 0) is 34.9 Å². The number of carbonyl (C=O) groups excluding carboxylic acids is 1. The summed E-state index contributed by atoms with van der Waals surface area (Å²) in [5, 5.41) is 9.25. The highest BCUT2D eigenvalue weighted by molar-refractivity contribution is 5.58. The number of phenolic OH excluding ortho intramolecular Hbond substituents is 1. The van der Waals surface area contributed by atoms with Gasteiger partial charge in [0.1, 0.15) is 11.9 Å². The van der Waals surface area contributed by atoms with E-state index in [0.29, 0.717) is 17.8 Å². The first kappa shape index (κ1) is 16.7. The molecule has 20 heavy (non-hydrogen) atoms. The van der Waals surface area contributed by atoms with Gasteiger partial charge in [0.25, 0.3) is 0 Å². The summed E-state index contributed by atoms with van der Waals surface area (Å²) in [4.78, 5) is 9.44. The first-order chi connectivity index (χ1) is 9.14. The SMILES string of the molecule is CC(C)(C)CC(C)(C)c1ccc(O)cc1.O=CC1CO1. The second-order valence-corrected chi connectivity index (χ2v) is 7.18. The van der Waals surface area contributed by atoms with Crippen LogP contribution in [0, 0.1) is 5.41 Å². The van der Waals surface area contributed by atoms with Gasteiger partial charge in [-0.15, -0.1) is 0 Å². The maximum absolute atomic E-state index is 9.44. The van der Waals surface area contributed by atoms with Crippen molar-refractivity contribution >= 4 is 6.29 Å². The van der Waals surface area contributed by atoms with E-state index in [1.807, 2.05) is 12.1 Å². The van der Waals surface area contributed by atoms with Crippen molar-refractivity contribution in [3.05, 3.63) is 29.8 Å². The lowest BCUT2D eigenvalue weighted by Crippen LogP contribution is -2.24. The van der Waals surface area contributed by atoms with Gasteiger partial charge in [0.05, 0.1) is 6.61 Å². The molecule has 0 aromatic heterocycles. The molecule has 3 nitrogen and oxygen atoms in total. The number of ether oxygens (including phenoxy) is 1. The number of rotatable bonds is 3. The number of aldehydes is 1. The molecule has 0 bridgehead atoms. The molecule has 1 atom stereocenters. The van der Waals surface area contributed by atoms with Crippen molar-refractivity contribution in [2.24, 2.45) is 5.41 Å². The number of aromatic hydroxyl groups is 1. The maximum Gasteiger partial charge on any atom is 0.151 e. The van der Waals surface area contributed by atoms with E-state index in [-0.39, 0.29) is 11.5 Å². The molecule has 0 saturated carbocycles. The maximum atomic E-state index is 9.44. The normalized spacial score (nSPS) is 17.9. The Morgan fingerprint density at radius 3 is 2.00 bits per heavy atom. The number of epoxide rings is 1. The standard InChI is InChI=1S/C14H22O.C3H4O2/c1-13(2,3)10-14(4,5)11-6-8-12(15)9-7-11;4-1-3-2-5-3/h6-9,15H,10H2,1-5H3;1,3H,2H2. The van der Waals surface area contributed by atoms with Crippen LogP contribution in [0.1, 0.15) is 46.6 Å². The van der Waals surface area contributed by atoms with Crippen LogP contribution in [-0.4, -0.2) is 24.1 Å². The summed E-state index contributed by atoms with van der Waals surface area (Å²) in [5.41, 5.74) is 1.77. The number of hydrogen-bond donors (Lipinski definition) is 1. The van der Waals surface area contributed by atoms with Crippen LogP contribution >= 0.6 is 0 Å². The fourth-order valence-corrected chi connectivity index (χ4v) is 2.47. The summed E-state index contributed by atoms with van der Waals surface area (Å²) >= 11 is 0. The fraction of sp³-hybridized carbons (Fsp3) is 0.588. The average Bonchev–Trinajstić information content (AvgIpc) is 3.10. The number of hydrogen-bond acceptors (Lipinski definition) is 3. The summed E-state index contributed by atoms with van der Waals surface area (Å²) in [6, 6.07) is 7.56. The smallest absolute Gasteiger partial charge is 0.151 e. The van der Waals surface area contributed by atoms with Crippen molar-refractivity contribution in [3.8, 4) is 5.75 Å². The van der Waals surface area contributed by atoms with E-state index in [2.05, 4.69) is 39.4 Å². The van der Waals surface area contributed by atoms with Crippen molar-refractivity contribution in [1.29, 1.82) is 0 Å². The lowest BCUT2D eigenvalue weighted by atomic mass is 9.72. The molecule has 1 aliphatic heterocycles. The van der Waals surface area contributed by atoms with Crippen molar-refractivity contribution in [2.75, 3.05) is 6.61 Å². The first-order valence-electron chi connectivity index (χ1n) is 7.00. The summed E-state index contributed by atoms with van der Waals surface area (Å²) in [7, 11) is 0. The quantitative estimate of drug-likeness (QED) is 0.677. The van der Waals surface area contributed by atoms with E-state index in [1.54, 1.807) is 12.1 Å². The molecular formula is C17H26O3. The van der Waals surface area contributed by atoms with Gasteiger partial charge in [-0.25, -0.2) is 0 Å². The molecule has 0 amide bonds. The van der Waals surface area contributed by atoms with E-state index in [0.717, 1.165) is 12.7 Å². The Balaban J connectivity index is 0.000000333. The largest absolute Gasteiger partial charge is 0.508 e. The highest BCUT2D eigenvalue weighted by Gasteiger charge is 2.26. The third-order valence-electron chi connectivity index (χ3n) is 3.13. The van der Waals surface area contributed by atoms with Gasteiger partial charge in [0.15, 0.2) is 6.29 Å². The van der Waals surface area contributed by atoms with Crippen LogP contribution in [0.4, 0.5) is 0 Å². The van der Waals surface area contributed by atoms with Crippen LogP contribution in [-0.2, 0) is 14.9 Å². The molecule has 0 radical (unpaired) electrons. The second-order valence-electron chi connectivity index (χ2n) is 7.18.